The molecule has 0 aliphatic rings. The van der Waals surface area contributed by atoms with E-state index in [1.54, 1.807) is 54.2 Å². The summed E-state index contributed by atoms with van der Waals surface area (Å²) in [5.74, 6) is 0.578. The van der Waals surface area contributed by atoms with Gasteiger partial charge in [-0.3, -0.25) is 4.79 Å². The summed E-state index contributed by atoms with van der Waals surface area (Å²) in [6, 6.07) is 13.4. The Balaban J connectivity index is 1.67. The lowest BCUT2D eigenvalue weighted by Gasteiger charge is -2.18. The number of benzene rings is 2. The molecule has 146 valence electrons. The predicted molar refractivity (Wildman–Crippen MR) is 101 cm³/mol. The minimum absolute atomic E-state index is 0.119. The zero-order valence-corrected chi connectivity index (χ0v) is 16.0. The lowest BCUT2D eigenvalue weighted by Crippen LogP contribution is -2.26. The number of tetrazole rings is 1. The summed E-state index contributed by atoms with van der Waals surface area (Å²) >= 11 is 0. The van der Waals surface area contributed by atoms with E-state index in [9.17, 15) is 9.18 Å². The monoisotopic (exact) mass is 383 g/mol. The van der Waals surface area contributed by atoms with Gasteiger partial charge < -0.3 is 9.64 Å². The fourth-order valence-corrected chi connectivity index (χ4v) is 2.75. The standard InChI is InChI=1S/C20H22FN5O2/c1-14(2)26-19(22-23-24-26)13-28-17-9-6-8-15(11-17)20(27)25(3)12-16-7-4-5-10-18(16)21/h4-11,14H,12-13H2,1-3H3. The summed E-state index contributed by atoms with van der Waals surface area (Å²) in [6.45, 7) is 4.32. The van der Waals surface area contributed by atoms with Crippen LogP contribution in [0.4, 0.5) is 4.39 Å². The second kappa shape index (κ2) is 8.60. The average Bonchev–Trinajstić information content (AvgIpc) is 3.17. The van der Waals surface area contributed by atoms with E-state index in [2.05, 4.69) is 15.5 Å². The highest BCUT2D eigenvalue weighted by Gasteiger charge is 2.15. The number of ether oxygens (including phenoxy) is 1. The molecular formula is C20H22FN5O2. The van der Waals surface area contributed by atoms with Crippen molar-refractivity contribution in [1.29, 1.82) is 0 Å². The Morgan fingerprint density at radius 1 is 1.21 bits per heavy atom. The van der Waals surface area contributed by atoms with Crippen molar-refractivity contribution in [2.75, 3.05) is 7.05 Å². The number of nitrogens with zero attached hydrogens (tertiary/aromatic N) is 5. The molecule has 1 aromatic heterocycles. The quantitative estimate of drug-likeness (QED) is 0.626. The molecule has 0 aliphatic heterocycles. The molecule has 0 N–H and O–H groups in total. The van der Waals surface area contributed by atoms with Crippen LogP contribution in [0.5, 0.6) is 5.75 Å². The second-order valence-corrected chi connectivity index (χ2v) is 6.70. The van der Waals surface area contributed by atoms with Gasteiger partial charge in [0.1, 0.15) is 18.2 Å². The van der Waals surface area contributed by atoms with Gasteiger partial charge >= 0.3 is 0 Å². The van der Waals surface area contributed by atoms with Crippen molar-refractivity contribution in [2.24, 2.45) is 0 Å². The summed E-state index contributed by atoms with van der Waals surface area (Å²) in [4.78, 5) is 14.2. The van der Waals surface area contributed by atoms with Gasteiger partial charge in [-0.05, 0) is 48.5 Å². The van der Waals surface area contributed by atoms with E-state index < -0.39 is 0 Å². The Bertz CT molecular complexity index is 957. The Hall–Kier alpha value is -3.29. The van der Waals surface area contributed by atoms with Crippen molar-refractivity contribution < 1.29 is 13.9 Å². The maximum Gasteiger partial charge on any atom is 0.254 e. The molecule has 2 aromatic carbocycles. The molecule has 3 aromatic rings. The smallest absolute Gasteiger partial charge is 0.254 e. The average molecular weight is 383 g/mol. The third kappa shape index (κ3) is 4.51. The highest BCUT2D eigenvalue weighted by Crippen LogP contribution is 2.18. The van der Waals surface area contributed by atoms with Crippen LogP contribution in [0.2, 0.25) is 0 Å². The van der Waals surface area contributed by atoms with Gasteiger partial charge in [-0.2, -0.15) is 0 Å². The fourth-order valence-electron chi connectivity index (χ4n) is 2.75. The highest BCUT2D eigenvalue weighted by molar-refractivity contribution is 5.94. The molecule has 3 rings (SSSR count). The number of aromatic nitrogens is 4. The first-order valence-electron chi connectivity index (χ1n) is 8.94. The van der Waals surface area contributed by atoms with E-state index in [1.807, 2.05) is 13.8 Å². The molecule has 0 bridgehead atoms. The van der Waals surface area contributed by atoms with E-state index in [0.29, 0.717) is 22.7 Å². The second-order valence-electron chi connectivity index (χ2n) is 6.70. The Morgan fingerprint density at radius 2 is 2.00 bits per heavy atom. The molecule has 0 saturated carbocycles. The summed E-state index contributed by atoms with van der Waals surface area (Å²) in [5.41, 5.74) is 0.922. The Labute approximate surface area is 162 Å². The van der Waals surface area contributed by atoms with Gasteiger partial charge in [-0.25, -0.2) is 9.07 Å². The van der Waals surface area contributed by atoms with Gasteiger partial charge in [0.25, 0.3) is 5.91 Å². The van der Waals surface area contributed by atoms with Gasteiger partial charge in [0.2, 0.25) is 0 Å². The first-order chi connectivity index (χ1) is 13.5. The SMILES string of the molecule is CC(C)n1nnnc1COc1cccc(C(=O)N(C)Cc2ccccc2F)c1. The topological polar surface area (TPSA) is 73.1 Å². The lowest BCUT2D eigenvalue weighted by molar-refractivity contribution is 0.0783. The first-order valence-corrected chi connectivity index (χ1v) is 8.94. The number of rotatable bonds is 7. The molecule has 7 nitrogen and oxygen atoms in total. The van der Waals surface area contributed by atoms with Crippen LogP contribution in [0, 0.1) is 5.82 Å². The minimum Gasteiger partial charge on any atom is -0.486 e. The van der Waals surface area contributed by atoms with Crippen LogP contribution < -0.4 is 4.74 Å². The largest absolute Gasteiger partial charge is 0.486 e. The molecule has 0 spiro atoms. The molecule has 0 radical (unpaired) electrons. The zero-order chi connectivity index (χ0) is 20.1. The predicted octanol–water partition coefficient (Wildman–Crippen LogP) is 3.24. The van der Waals surface area contributed by atoms with E-state index in [1.165, 1.54) is 11.0 Å². The summed E-state index contributed by atoms with van der Waals surface area (Å²) in [7, 11) is 1.64. The molecule has 0 atom stereocenters. The zero-order valence-electron chi connectivity index (χ0n) is 16.0. The number of carbonyl (C=O) groups is 1. The van der Waals surface area contributed by atoms with Crippen molar-refractivity contribution >= 4 is 5.91 Å². The van der Waals surface area contributed by atoms with Crippen molar-refractivity contribution in [3.8, 4) is 5.75 Å². The molecule has 0 aliphatic carbocycles. The summed E-state index contributed by atoms with van der Waals surface area (Å²) in [6.07, 6.45) is 0. The third-order valence-electron chi connectivity index (χ3n) is 4.21. The van der Waals surface area contributed by atoms with Crippen molar-refractivity contribution in [1.82, 2.24) is 25.1 Å². The lowest BCUT2D eigenvalue weighted by atomic mass is 10.1. The number of amides is 1. The van der Waals surface area contributed by atoms with Gasteiger partial charge in [0, 0.05) is 24.7 Å². The van der Waals surface area contributed by atoms with Crippen LogP contribution in [0.15, 0.2) is 48.5 Å². The molecule has 0 saturated heterocycles. The summed E-state index contributed by atoms with van der Waals surface area (Å²) in [5, 5.41) is 11.6. The van der Waals surface area contributed by atoms with Crippen molar-refractivity contribution in [3.05, 3.63) is 71.3 Å². The summed E-state index contributed by atoms with van der Waals surface area (Å²) < 4.78 is 21.3. The molecule has 0 fully saturated rings. The first kappa shape index (κ1) is 19.5. The molecule has 0 unspecified atom stereocenters. The maximum absolute atomic E-state index is 13.8. The van der Waals surface area contributed by atoms with Crippen LogP contribution in [0.1, 0.15) is 41.6 Å². The van der Waals surface area contributed by atoms with Crippen LogP contribution in [-0.4, -0.2) is 38.1 Å². The number of hydrogen-bond acceptors (Lipinski definition) is 5. The molecule has 1 heterocycles. The van der Waals surface area contributed by atoms with Crippen molar-refractivity contribution in [3.63, 3.8) is 0 Å². The minimum atomic E-state index is -0.331. The van der Waals surface area contributed by atoms with Crippen LogP contribution in [0.25, 0.3) is 0 Å². The Kier molecular flexibility index (Phi) is 5.98. The van der Waals surface area contributed by atoms with E-state index in [-0.39, 0.29) is 30.9 Å². The molecule has 8 heteroatoms. The molecule has 28 heavy (non-hydrogen) atoms. The van der Waals surface area contributed by atoms with Gasteiger partial charge in [0.15, 0.2) is 5.82 Å². The van der Waals surface area contributed by atoms with Gasteiger partial charge in [-0.15, -0.1) is 5.10 Å². The number of halogens is 1. The van der Waals surface area contributed by atoms with E-state index in [0.717, 1.165) is 0 Å². The van der Waals surface area contributed by atoms with Crippen molar-refractivity contribution in [2.45, 2.75) is 33.0 Å². The molecular weight excluding hydrogens is 361 g/mol. The van der Waals surface area contributed by atoms with Crippen LogP contribution in [0.3, 0.4) is 0 Å². The van der Waals surface area contributed by atoms with Crippen LogP contribution >= 0.6 is 0 Å². The van der Waals surface area contributed by atoms with Gasteiger partial charge in [0.05, 0.1) is 6.04 Å². The number of hydrogen-bond donors (Lipinski definition) is 0. The maximum atomic E-state index is 13.8. The van der Waals surface area contributed by atoms with Crippen LogP contribution in [-0.2, 0) is 13.2 Å². The molecule has 1 amide bonds. The normalized spacial score (nSPS) is 10.9. The highest BCUT2D eigenvalue weighted by atomic mass is 19.1. The third-order valence-corrected chi connectivity index (χ3v) is 4.21. The van der Waals surface area contributed by atoms with Gasteiger partial charge in [-0.1, -0.05) is 24.3 Å². The van der Waals surface area contributed by atoms with E-state index in [4.69, 9.17) is 4.74 Å². The fraction of sp³-hybridized carbons (Fsp3) is 0.300. The Morgan fingerprint density at radius 3 is 2.75 bits per heavy atom. The number of carbonyl (C=O) groups excluding carboxylic acids is 1. The van der Waals surface area contributed by atoms with E-state index >= 15 is 0 Å².